The van der Waals surface area contributed by atoms with Gasteiger partial charge in [0.15, 0.2) is 0 Å². The predicted octanol–water partition coefficient (Wildman–Crippen LogP) is 3.23. The number of fused-ring (bicyclic) bond motifs is 2. The van der Waals surface area contributed by atoms with E-state index < -0.39 is 17.8 Å². The number of ether oxygens (including phenoxy) is 1. The van der Waals surface area contributed by atoms with E-state index >= 15 is 0 Å². The molecule has 2 aromatic rings. The van der Waals surface area contributed by atoms with Gasteiger partial charge in [-0.05, 0) is 80.1 Å². The van der Waals surface area contributed by atoms with Crippen molar-refractivity contribution in [3.63, 3.8) is 0 Å². The number of nitrogens with zero attached hydrogens (tertiary/aromatic N) is 3. The minimum Gasteiger partial charge on any atom is -0.388 e. The van der Waals surface area contributed by atoms with E-state index in [1.54, 1.807) is 0 Å². The van der Waals surface area contributed by atoms with Crippen LogP contribution < -0.4 is 0 Å². The van der Waals surface area contributed by atoms with Gasteiger partial charge in [-0.2, -0.15) is 15.4 Å². The average molecular weight is 475 g/mol. The Morgan fingerprint density at radius 3 is 2.74 bits per heavy atom. The Labute approximate surface area is 205 Å². The Hall–Kier alpha value is -2.32. The lowest BCUT2D eigenvalue weighted by molar-refractivity contribution is -0.165. The summed E-state index contributed by atoms with van der Waals surface area (Å²) in [6.45, 7) is 4.72. The molecule has 35 heavy (non-hydrogen) atoms. The first kappa shape index (κ1) is 21.9. The second-order valence-corrected chi connectivity index (χ2v) is 11.9. The van der Waals surface area contributed by atoms with Gasteiger partial charge in [0, 0.05) is 17.4 Å². The van der Waals surface area contributed by atoms with Crippen LogP contribution in [0.1, 0.15) is 45.1 Å². The number of hydrogen-bond acceptors (Lipinski definition) is 6. The van der Waals surface area contributed by atoms with Crippen LogP contribution in [-0.4, -0.2) is 74.1 Å². The molecule has 8 atom stereocenters. The van der Waals surface area contributed by atoms with Crippen LogP contribution in [0, 0.1) is 17.3 Å². The second-order valence-electron chi connectivity index (χ2n) is 11.9. The largest absolute Gasteiger partial charge is 0.388 e. The van der Waals surface area contributed by atoms with Gasteiger partial charge in [-0.25, -0.2) is 0 Å². The molecule has 2 aliphatic heterocycles. The molecule has 184 valence electrons. The molecule has 3 heterocycles. The van der Waals surface area contributed by atoms with Crippen LogP contribution in [0.3, 0.4) is 0 Å². The van der Waals surface area contributed by atoms with Crippen molar-refractivity contribution in [1.29, 1.82) is 0 Å². The maximum Gasteiger partial charge on any atom is 0.113 e. The first-order valence-electron chi connectivity index (χ1n) is 12.9. The number of H-pyrrole nitrogens is 1. The summed E-state index contributed by atoms with van der Waals surface area (Å²) in [6, 6.07) is 6.23. The topological polar surface area (TPSA) is 94.5 Å². The van der Waals surface area contributed by atoms with Crippen molar-refractivity contribution in [2.45, 2.75) is 69.0 Å². The number of likely N-dealkylation sites (N-methyl/N-ethyl adjacent to an activating group) is 1. The highest BCUT2D eigenvalue weighted by molar-refractivity contribution is 5.83. The van der Waals surface area contributed by atoms with Crippen molar-refractivity contribution >= 4 is 16.6 Å². The van der Waals surface area contributed by atoms with E-state index in [0.29, 0.717) is 18.3 Å². The van der Waals surface area contributed by atoms with Crippen molar-refractivity contribution in [2.24, 2.45) is 17.3 Å². The Kier molecular flexibility index (Phi) is 4.33. The van der Waals surface area contributed by atoms with Crippen molar-refractivity contribution in [1.82, 2.24) is 20.3 Å². The summed E-state index contributed by atoms with van der Waals surface area (Å²) in [5.41, 5.74) is 5.48. The standard InChI is InChI=1S/C28H34N4O3/c1-15-11-17-13-19-24(33)25(34)22(32(3)4)14-27(19)9-10-28(17,35-27)23-8-6-18(26(15,23)2)16-5-7-20-21(12-16)30-31-29-20/h5-7,11-13,15,22-25,33-34H,8-10,14H2,1-4H3,(H,29,30,31)/t15?,22-,23?,24+,25+,26+,27+,28+/m0/s1. The second kappa shape index (κ2) is 6.91. The summed E-state index contributed by atoms with van der Waals surface area (Å²) >= 11 is 0. The van der Waals surface area contributed by atoms with Crippen molar-refractivity contribution in [3.05, 3.63) is 53.1 Å². The highest BCUT2D eigenvalue weighted by Gasteiger charge is 2.68. The third kappa shape index (κ3) is 2.60. The number of aromatic amines is 1. The van der Waals surface area contributed by atoms with Crippen LogP contribution in [0.5, 0.6) is 0 Å². The number of allylic oxidation sites excluding steroid dienone is 3. The van der Waals surface area contributed by atoms with Crippen molar-refractivity contribution < 1.29 is 14.9 Å². The zero-order chi connectivity index (χ0) is 24.3. The number of nitrogens with one attached hydrogen (secondary N) is 1. The molecule has 1 saturated heterocycles. The minimum absolute atomic E-state index is 0.0778. The Morgan fingerprint density at radius 2 is 1.94 bits per heavy atom. The van der Waals surface area contributed by atoms with Gasteiger partial charge in [-0.15, -0.1) is 0 Å². The zero-order valence-electron chi connectivity index (χ0n) is 20.8. The van der Waals surface area contributed by atoms with Crippen LogP contribution in [0.4, 0.5) is 0 Å². The van der Waals surface area contributed by atoms with Gasteiger partial charge in [-0.3, -0.25) is 0 Å². The van der Waals surface area contributed by atoms with Crippen LogP contribution in [0.15, 0.2) is 47.6 Å². The molecule has 1 aromatic carbocycles. The number of hydrogen-bond donors (Lipinski definition) is 3. The number of rotatable bonds is 2. The quantitative estimate of drug-likeness (QED) is 0.619. The van der Waals surface area contributed by atoms with E-state index in [1.165, 1.54) is 16.7 Å². The molecule has 2 fully saturated rings. The molecular formula is C28H34N4O3. The average Bonchev–Trinajstić information content (AvgIpc) is 3.52. The smallest absolute Gasteiger partial charge is 0.113 e. The molecule has 2 spiro atoms. The van der Waals surface area contributed by atoms with Gasteiger partial charge in [0.1, 0.15) is 17.1 Å². The molecule has 0 amide bonds. The number of benzene rings is 1. The number of aliphatic hydroxyl groups excluding tert-OH is 2. The lowest BCUT2D eigenvalue weighted by atomic mass is 9.54. The fraction of sp³-hybridized carbons (Fsp3) is 0.571. The summed E-state index contributed by atoms with van der Waals surface area (Å²) in [5.74, 6) is 0.607. The van der Waals surface area contributed by atoms with Crippen molar-refractivity contribution in [2.75, 3.05) is 14.1 Å². The van der Waals surface area contributed by atoms with E-state index in [2.05, 4.69) is 59.6 Å². The summed E-state index contributed by atoms with van der Waals surface area (Å²) < 4.78 is 7.25. The normalized spacial score (nSPS) is 44.0. The van der Waals surface area contributed by atoms with Gasteiger partial charge in [0.05, 0.1) is 17.3 Å². The first-order chi connectivity index (χ1) is 16.7. The fourth-order valence-corrected chi connectivity index (χ4v) is 8.26. The molecule has 2 unspecified atom stereocenters. The van der Waals surface area contributed by atoms with E-state index in [-0.39, 0.29) is 17.1 Å². The van der Waals surface area contributed by atoms with Crippen LogP contribution in [-0.2, 0) is 4.74 Å². The van der Waals surface area contributed by atoms with Gasteiger partial charge < -0.3 is 19.8 Å². The molecule has 0 radical (unpaired) electrons. The highest BCUT2D eigenvalue weighted by Crippen LogP contribution is 2.69. The fourth-order valence-electron chi connectivity index (χ4n) is 8.26. The summed E-state index contributed by atoms with van der Waals surface area (Å²) in [5, 5.41) is 33.4. The zero-order valence-corrected chi connectivity index (χ0v) is 20.8. The van der Waals surface area contributed by atoms with E-state index in [0.717, 1.165) is 35.9 Å². The monoisotopic (exact) mass is 474 g/mol. The summed E-state index contributed by atoms with van der Waals surface area (Å²) in [4.78, 5) is 2.03. The third-order valence-electron chi connectivity index (χ3n) is 10.3. The SMILES string of the molecule is CC1C=C2C=C3[C@@H](O)[C@H](O)[C@@H](N(C)C)C[C@]34CC[C@]2(O4)C2CC=C(c3ccc4n[nH]nc4c3)[C@@]12C. The van der Waals surface area contributed by atoms with Crippen LogP contribution >= 0.6 is 0 Å². The van der Waals surface area contributed by atoms with Gasteiger partial charge >= 0.3 is 0 Å². The lowest BCUT2D eigenvalue weighted by Gasteiger charge is -2.57. The number of aliphatic hydroxyl groups is 2. The third-order valence-corrected chi connectivity index (χ3v) is 10.3. The molecule has 2 bridgehead atoms. The lowest BCUT2D eigenvalue weighted by Crippen LogP contribution is -2.62. The highest BCUT2D eigenvalue weighted by atomic mass is 16.5. The van der Waals surface area contributed by atoms with Crippen LogP contribution in [0.25, 0.3) is 16.6 Å². The number of aromatic nitrogens is 3. The molecule has 1 saturated carbocycles. The van der Waals surface area contributed by atoms with Gasteiger partial charge in [-0.1, -0.05) is 38.1 Å². The molecule has 5 aliphatic rings. The summed E-state index contributed by atoms with van der Waals surface area (Å²) in [7, 11) is 3.95. The predicted molar refractivity (Wildman–Crippen MR) is 133 cm³/mol. The Bertz CT molecular complexity index is 1330. The first-order valence-corrected chi connectivity index (χ1v) is 12.9. The molecular weight excluding hydrogens is 440 g/mol. The van der Waals surface area contributed by atoms with Gasteiger partial charge in [0.2, 0.25) is 0 Å². The molecule has 7 heteroatoms. The molecule has 7 rings (SSSR count). The minimum atomic E-state index is -0.900. The van der Waals surface area contributed by atoms with E-state index in [9.17, 15) is 10.2 Å². The molecule has 7 nitrogen and oxygen atoms in total. The van der Waals surface area contributed by atoms with Gasteiger partial charge in [0.25, 0.3) is 0 Å². The Balaban J connectivity index is 1.33. The van der Waals surface area contributed by atoms with Crippen LogP contribution in [0.2, 0.25) is 0 Å². The maximum atomic E-state index is 11.2. The van der Waals surface area contributed by atoms with Crippen molar-refractivity contribution in [3.8, 4) is 0 Å². The summed E-state index contributed by atoms with van der Waals surface area (Å²) in [6.07, 6.45) is 8.79. The molecule has 3 N–H and O–H groups in total. The Morgan fingerprint density at radius 1 is 1.14 bits per heavy atom. The molecule has 1 aromatic heterocycles. The molecule has 3 aliphatic carbocycles. The van der Waals surface area contributed by atoms with E-state index in [4.69, 9.17) is 4.74 Å². The maximum absolute atomic E-state index is 11.2. The van der Waals surface area contributed by atoms with E-state index in [1.807, 2.05) is 25.1 Å².